The zero-order chi connectivity index (χ0) is 14.4. The number of hydrogen-bond donors (Lipinski definition) is 0. The molecule has 0 radical (unpaired) electrons. The number of halogens is 1. The maximum atomic E-state index is 5.90. The average molecular weight is 296 g/mol. The van der Waals surface area contributed by atoms with Crippen molar-refractivity contribution in [3.63, 3.8) is 0 Å². The van der Waals surface area contributed by atoms with Crippen molar-refractivity contribution < 1.29 is 4.42 Å². The van der Waals surface area contributed by atoms with Crippen LogP contribution in [0.25, 0.3) is 33.3 Å². The summed E-state index contributed by atoms with van der Waals surface area (Å²) in [7, 11) is 0. The molecular formula is C16H10ClN3O. The minimum absolute atomic E-state index is 0.196. The van der Waals surface area contributed by atoms with Gasteiger partial charge in [0.2, 0.25) is 5.28 Å². The highest BCUT2D eigenvalue weighted by Crippen LogP contribution is 2.31. The highest BCUT2D eigenvalue weighted by atomic mass is 35.5. The number of fused-ring (bicyclic) bond motifs is 3. The monoisotopic (exact) mass is 295 g/mol. The third-order valence-corrected chi connectivity index (χ3v) is 3.53. The van der Waals surface area contributed by atoms with Crippen LogP contribution in [0.1, 0.15) is 5.82 Å². The lowest BCUT2D eigenvalue weighted by molar-refractivity contribution is 0.669. The Morgan fingerprint density at radius 2 is 1.71 bits per heavy atom. The molecule has 0 atom stereocenters. The molecule has 4 rings (SSSR count). The summed E-state index contributed by atoms with van der Waals surface area (Å²) in [5.74, 6) is 1.14. The first kappa shape index (κ1) is 12.3. The summed E-state index contributed by atoms with van der Waals surface area (Å²) in [6.07, 6.45) is 0. The van der Waals surface area contributed by atoms with E-state index >= 15 is 0 Å². The van der Waals surface area contributed by atoms with Crippen LogP contribution >= 0.6 is 11.6 Å². The Bertz CT molecular complexity index is 958. The Morgan fingerprint density at radius 3 is 2.57 bits per heavy atom. The summed E-state index contributed by atoms with van der Waals surface area (Å²) < 4.78 is 5.87. The summed E-state index contributed by atoms with van der Waals surface area (Å²) in [5.41, 5.74) is 2.53. The first-order valence-electron chi connectivity index (χ1n) is 6.50. The van der Waals surface area contributed by atoms with Crippen molar-refractivity contribution in [2.24, 2.45) is 0 Å². The molecule has 102 valence electrons. The zero-order valence-corrected chi connectivity index (χ0v) is 11.9. The van der Waals surface area contributed by atoms with E-state index in [9.17, 15) is 0 Å². The molecule has 4 nitrogen and oxygen atoms in total. The van der Waals surface area contributed by atoms with E-state index in [4.69, 9.17) is 16.0 Å². The summed E-state index contributed by atoms with van der Waals surface area (Å²) >= 11 is 5.90. The van der Waals surface area contributed by atoms with Crippen LogP contribution in [0.5, 0.6) is 0 Å². The van der Waals surface area contributed by atoms with Gasteiger partial charge in [-0.1, -0.05) is 24.3 Å². The summed E-state index contributed by atoms with van der Waals surface area (Å²) in [4.78, 5) is 12.5. The fourth-order valence-corrected chi connectivity index (χ4v) is 2.65. The second-order valence-corrected chi connectivity index (χ2v) is 5.12. The van der Waals surface area contributed by atoms with Gasteiger partial charge in [-0.25, -0.2) is 9.97 Å². The van der Waals surface area contributed by atoms with Gasteiger partial charge in [-0.15, -0.1) is 0 Å². The highest BCUT2D eigenvalue weighted by molar-refractivity contribution is 6.28. The van der Waals surface area contributed by atoms with E-state index in [2.05, 4.69) is 15.0 Å². The Hall–Kier alpha value is -2.46. The first-order chi connectivity index (χ1) is 10.2. The van der Waals surface area contributed by atoms with E-state index in [1.54, 1.807) is 6.92 Å². The molecule has 0 fully saturated rings. The fraction of sp³-hybridized carbons (Fsp3) is 0.0625. The summed E-state index contributed by atoms with van der Waals surface area (Å²) in [5, 5.41) is 2.37. The standard InChI is InChI=1S/C16H10ClN3O/c1-9-18-15(20-16(17)19-9)10-6-7-12-11-4-2-3-5-13(11)21-14(12)8-10/h2-8H,1H3. The molecule has 0 saturated heterocycles. The molecule has 0 bridgehead atoms. The number of nitrogens with zero attached hydrogens (tertiary/aromatic N) is 3. The lowest BCUT2D eigenvalue weighted by atomic mass is 10.1. The minimum atomic E-state index is 0.196. The number of benzene rings is 2. The maximum Gasteiger partial charge on any atom is 0.226 e. The van der Waals surface area contributed by atoms with Crippen molar-refractivity contribution in [2.75, 3.05) is 0 Å². The Balaban J connectivity index is 1.96. The molecule has 0 aliphatic rings. The predicted molar refractivity (Wildman–Crippen MR) is 82.3 cm³/mol. The first-order valence-corrected chi connectivity index (χ1v) is 6.88. The van der Waals surface area contributed by atoms with E-state index < -0.39 is 0 Å². The normalized spacial score (nSPS) is 11.3. The minimum Gasteiger partial charge on any atom is -0.456 e. The number of hydrogen-bond acceptors (Lipinski definition) is 4. The highest BCUT2D eigenvalue weighted by Gasteiger charge is 2.10. The number of aromatic nitrogens is 3. The number of aryl methyl sites for hydroxylation is 1. The molecule has 0 spiro atoms. The van der Waals surface area contributed by atoms with Crippen LogP contribution in [0.3, 0.4) is 0 Å². The topological polar surface area (TPSA) is 51.8 Å². The molecule has 0 aliphatic carbocycles. The Morgan fingerprint density at radius 1 is 0.905 bits per heavy atom. The van der Waals surface area contributed by atoms with Crippen LogP contribution in [0.15, 0.2) is 46.9 Å². The van der Waals surface area contributed by atoms with E-state index in [0.717, 1.165) is 27.5 Å². The third kappa shape index (κ3) is 2.04. The smallest absolute Gasteiger partial charge is 0.226 e. The van der Waals surface area contributed by atoms with Crippen LogP contribution in [0, 0.1) is 6.92 Å². The number of furan rings is 1. The Labute approximate surface area is 125 Å². The fourth-order valence-electron chi connectivity index (χ4n) is 2.44. The van der Waals surface area contributed by atoms with Gasteiger partial charge in [0.15, 0.2) is 5.82 Å². The van der Waals surface area contributed by atoms with Crippen LogP contribution in [-0.2, 0) is 0 Å². The lowest BCUT2D eigenvalue weighted by Crippen LogP contribution is -1.96. The van der Waals surface area contributed by atoms with Crippen LogP contribution in [0.2, 0.25) is 5.28 Å². The average Bonchev–Trinajstić information content (AvgIpc) is 2.83. The number of rotatable bonds is 1. The summed E-state index contributed by atoms with van der Waals surface area (Å²) in [6.45, 7) is 1.79. The molecule has 0 N–H and O–H groups in total. The molecule has 2 aromatic carbocycles. The molecule has 4 aromatic rings. The van der Waals surface area contributed by atoms with Gasteiger partial charge >= 0.3 is 0 Å². The van der Waals surface area contributed by atoms with Crippen molar-refractivity contribution >= 4 is 33.5 Å². The SMILES string of the molecule is Cc1nc(Cl)nc(-c2ccc3c(c2)oc2ccccc23)n1. The van der Waals surface area contributed by atoms with Gasteiger partial charge in [-0.3, -0.25) is 0 Å². The molecule has 0 amide bonds. The van der Waals surface area contributed by atoms with Crippen molar-refractivity contribution in [3.05, 3.63) is 53.6 Å². The molecule has 0 aliphatic heterocycles. The van der Waals surface area contributed by atoms with Gasteiger partial charge in [-0.05, 0) is 36.7 Å². The lowest BCUT2D eigenvalue weighted by Gasteiger charge is -2.01. The quantitative estimate of drug-likeness (QED) is 0.522. The van der Waals surface area contributed by atoms with Gasteiger partial charge in [0, 0.05) is 16.3 Å². The largest absolute Gasteiger partial charge is 0.456 e. The molecule has 2 aromatic heterocycles. The second-order valence-electron chi connectivity index (χ2n) is 4.78. The van der Waals surface area contributed by atoms with Gasteiger partial charge in [0.1, 0.15) is 17.0 Å². The van der Waals surface area contributed by atoms with E-state index in [-0.39, 0.29) is 5.28 Å². The van der Waals surface area contributed by atoms with E-state index in [1.807, 2.05) is 42.5 Å². The number of para-hydroxylation sites is 1. The molecule has 0 unspecified atom stereocenters. The van der Waals surface area contributed by atoms with Crippen molar-refractivity contribution in [3.8, 4) is 11.4 Å². The van der Waals surface area contributed by atoms with Gasteiger partial charge in [-0.2, -0.15) is 4.98 Å². The molecule has 5 heteroatoms. The van der Waals surface area contributed by atoms with Crippen molar-refractivity contribution in [1.82, 2.24) is 15.0 Å². The summed E-state index contributed by atoms with van der Waals surface area (Å²) in [6, 6.07) is 13.9. The molecule has 21 heavy (non-hydrogen) atoms. The van der Waals surface area contributed by atoms with Crippen molar-refractivity contribution in [2.45, 2.75) is 6.92 Å². The molecule has 2 heterocycles. The maximum absolute atomic E-state index is 5.90. The third-order valence-electron chi connectivity index (χ3n) is 3.36. The van der Waals surface area contributed by atoms with Gasteiger partial charge in [0.25, 0.3) is 0 Å². The second kappa shape index (κ2) is 4.53. The van der Waals surface area contributed by atoms with Crippen LogP contribution in [-0.4, -0.2) is 15.0 Å². The van der Waals surface area contributed by atoms with Gasteiger partial charge < -0.3 is 4.42 Å². The zero-order valence-electron chi connectivity index (χ0n) is 11.2. The molecule has 0 saturated carbocycles. The van der Waals surface area contributed by atoms with Crippen LogP contribution < -0.4 is 0 Å². The van der Waals surface area contributed by atoms with Gasteiger partial charge in [0.05, 0.1) is 0 Å². The predicted octanol–water partition coefficient (Wildman–Crippen LogP) is 4.40. The van der Waals surface area contributed by atoms with E-state index in [0.29, 0.717) is 11.6 Å². The Kier molecular flexibility index (Phi) is 2.65. The van der Waals surface area contributed by atoms with Crippen LogP contribution in [0.4, 0.5) is 0 Å². The van der Waals surface area contributed by atoms with Crippen molar-refractivity contribution in [1.29, 1.82) is 0 Å². The van der Waals surface area contributed by atoms with E-state index in [1.165, 1.54) is 0 Å². The molecular weight excluding hydrogens is 286 g/mol.